The molecule has 2 aromatic rings. The third-order valence-corrected chi connectivity index (χ3v) is 5.04. The van der Waals surface area contributed by atoms with Crippen molar-refractivity contribution in [3.05, 3.63) is 40.7 Å². The van der Waals surface area contributed by atoms with Crippen molar-refractivity contribution in [3.63, 3.8) is 0 Å². The van der Waals surface area contributed by atoms with Gasteiger partial charge in [0.1, 0.15) is 0 Å². The Balaban J connectivity index is 1.60. The van der Waals surface area contributed by atoms with E-state index in [0.717, 1.165) is 16.3 Å². The Bertz CT molecular complexity index is 646. The van der Waals surface area contributed by atoms with Gasteiger partial charge in [0, 0.05) is 23.8 Å². The van der Waals surface area contributed by atoms with Crippen LogP contribution in [0.3, 0.4) is 0 Å². The van der Waals surface area contributed by atoms with Crippen LogP contribution in [-0.4, -0.2) is 41.1 Å². The Morgan fingerprint density at radius 2 is 1.96 bits per heavy atom. The van der Waals surface area contributed by atoms with E-state index in [0.29, 0.717) is 26.1 Å². The molecule has 2 heterocycles. The van der Waals surface area contributed by atoms with E-state index < -0.39 is 0 Å². The van der Waals surface area contributed by atoms with E-state index in [2.05, 4.69) is 22.5 Å². The highest BCUT2D eigenvalue weighted by atomic mass is 32.1. The maximum atomic E-state index is 12.5. The first-order valence-electron chi connectivity index (χ1n) is 8.04. The van der Waals surface area contributed by atoms with E-state index >= 15 is 0 Å². The molecule has 2 unspecified atom stereocenters. The number of carbonyl (C=O) groups is 1. The first kappa shape index (κ1) is 16.1. The predicted molar refractivity (Wildman–Crippen MR) is 92.5 cm³/mol. The van der Waals surface area contributed by atoms with Gasteiger partial charge in [-0.3, -0.25) is 4.79 Å². The topological polar surface area (TPSA) is 42.4 Å². The number of thiazole rings is 1. The van der Waals surface area contributed by atoms with Gasteiger partial charge in [-0.2, -0.15) is 0 Å². The first-order valence-corrected chi connectivity index (χ1v) is 8.92. The normalized spacial score (nSPS) is 21.4. The summed E-state index contributed by atoms with van der Waals surface area (Å²) in [5.41, 5.74) is 2.11. The fraction of sp³-hybridized carbons (Fsp3) is 0.444. The van der Waals surface area contributed by atoms with E-state index in [1.54, 1.807) is 11.3 Å². The molecular weight excluding hydrogens is 308 g/mol. The highest BCUT2D eigenvalue weighted by Gasteiger charge is 2.29. The quantitative estimate of drug-likeness (QED) is 0.863. The van der Waals surface area contributed by atoms with Crippen LogP contribution < -0.4 is 0 Å². The molecule has 122 valence electrons. The fourth-order valence-electron chi connectivity index (χ4n) is 3.01. The van der Waals surface area contributed by atoms with Gasteiger partial charge < -0.3 is 9.64 Å². The van der Waals surface area contributed by atoms with Crippen LogP contribution in [0.1, 0.15) is 25.3 Å². The van der Waals surface area contributed by atoms with E-state index in [9.17, 15) is 4.79 Å². The van der Waals surface area contributed by atoms with Gasteiger partial charge >= 0.3 is 0 Å². The van der Waals surface area contributed by atoms with Crippen LogP contribution in [-0.2, 0) is 16.0 Å². The number of rotatable bonds is 4. The second kappa shape index (κ2) is 7.23. The largest absolute Gasteiger partial charge is 0.377 e. The average Bonchev–Trinajstić information content (AvgIpc) is 3.02. The molecule has 2 atom stereocenters. The summed E-state index contributed by atoms with van der Waals surface area (Å²) in [5.74, 6) is 0.199. The van der Waals surface area contributed by atoms with Gasteiger partial charge in [-0.1, -0.05) is 30.3 Å². The summed E-state index contributed by atoms with van der Waals surface area (Å²) in [5, 5.41) is 3.08. The third-order valence-electron chi connectivity index (χ3n) is 4.13. The molecule has 5 heteroatoms. The minimum absolute atomic E-state index is 0.155. The summed E-state index contributed by atoms with van der Waals surface area (Å²) in [6, 6.07) is 10.4. The molecule has 0 aliphatic carbocycles. The first-order chi connectivity index (χ1) is 11.1. The third kappa shape index (κ3) is 3.79. The van der Waals surface area contributed by atoms with Crippen LogP contribution >= 0.6 is 11.3 Å². The number of aromatic nitrogens is 1. The molecular formula is C18H22N2O2S. The summed E-state index contributed by atoms with van der Waals surface area (Å²) in [6.07, 6.45) is 1.21. The van der Waals surface area contributed by atoms with Crippen molar-refractivity contribution in [1.29, 1.82) is 0 Å². The van der Waals surface area contributed by atoms with Crippen LogP contribution in [0.15, 0.2) is 35.7 Å². The predicted octanol–water partition coefficient (Wildman–Crippen LogP) is 3.38. The van der Waals surface area contributed by atoms with Gasteiger partial charge in [0.25, 0.3) is 0 Å². The zero-order valence-electron chi connectivity index (χ0n) is 13.6. The standard InChI is InChI=1S/C18H22N2O2S/c1-13-10-22-11-14(2)20(13)18(21)9-8-17-19-16(12-23-17)15-6-4-3-5-7-15/h3-7,12-14H,8-11H2,1-2H3. The lowest BCUT2D eigenvalue weighted by Gasteiger charge is -2.38. The van der Waals surface area contributed by atoms with Crippen LogP contribution in [0.5, 0.6) is 0 Å². The molecule has 23 heavy (non-hydrogen) atoms. The molecule has 0 saturated carbocycles. The minimum Gasteiger partial charge on any atom is -0.377 e. The van der Waals surface area contributed by atoms with E-state index in [1.807, 2.05) is 36.9 Å². The lowest BCUT2D eigenvalue weighted by molar-refractivity contribution is -0.144. The molecule has 4 nitrogen and oxygen atoms in total. The zero-order valence-corrected chi connectivity index (χ0v) is 14.4. The Morgan fingerprint density at radius 3 is 2.65 bits per heavy atom. The zero-order chi connectivity index (χ0) is 16.2. The number of amides is 1. The van der Waals surface area contributed by atoms with Crippen molar-refractivity contribution >= 4 is 17.2 Å². The molecule has 1 saturated heterocycles. The van der Waals surface area contributed by atoms with E-state index in [4.69, 9.17) is 4.74 Å². The van der Waals surface area contributed by atoms with Crippen molar-refractivity contribution in [2.24, 2.45) is 0 Å². The summed E-state index contributed by atoms with van der Waals surface area (Å²) in [6.45, 7) is 5.35. The van der Waals surface area contributed by atoms with Crippen molar-refractivity contribution in [3.8, 4) is 11.3 Å². The van der Waals surface area contributed by atoms with Crippen molar-refractivity contribution in [2.45, 2.75) is 38.8 Å². The molecule has 3 rings (SSSR count). The lowest BCUT2D eigenvalue weighted by atomic mass is 10.1. The molecule has 1 aromatic heterocycles. The highest BCUT2D eigenvalue weighted by Crippen LogP contribution is 2.23. The molecule has 1 fully saturated rings. The van der Waals surface area contributed by atoms with Crippen molar-refractivity contribution < 1.29 is 9.53 Å². The van der Waals surface area contributed by atoms with Gasteiger partial charge in [0.15, 0.2) is 0 Å². The molecule has 0 N–H and O–H groups in total. The lowest BCUT2D eigenvalue weighted by Crippen LogP contribution is -2.52. The average molecular weight is 330 g/mol. The van der Waals surface area contributed by atoms with E-state index in [-0.39, 0.29) is 18.0 Å². The van der Waals surface area contributed by atoms with E-state index in [1.165, 1.54) is 0 Å². The molecule has 1 aliphatic heterocycles. The summed E-state index contributed by atoms with van der Waals surface area (Å²) in [7, 11) is 0. The van der Waals surface area contributed by atoms with Crippen LogP contribution in [0.4, 0.5) is 0 Å². The van der Waals surface area contributed by atoms with Crippen molar-refractivity contribution in [2.75, 3.05) is 13.2 Å². The fourth-order valence-corrected chi connectivity index (χ4v) is 3.81. The molecule has 1 aliphatic rings. The van der Waals surface area contributed by atoms with Gasteiger partial charge in [-0.25, -0.2) is 4.98 Å². The van der Waals surface area contributed by atoms with Gasteiger partial charge in [0.2, 0.25) is 5.91 Å². The molecule has 1 aromatic carbocycles. The van der Waals surface area contributed by atoms with Gasteiger partial charge in [0.05, 0.1) is 36.0 Å². The van der Waals surface area contributed by atoms with Crippen LogP contribution in [0.25, 0.3) is 11.3 Å². The molecule has 0 radical (unpaired) electrons. The number of hydrogen-bond acceptors (Lipinski definition) is 4. The maximum absolute atomic E-state index is 12.5. The number of ether oxygens (including phenoxy) is 1. The van der Waals surface area contributed by atoms with Gasteiger partial charge in [-0.15, -0.1) is 11.3 Å². The van der Waals surface area contributed by atoms with Crippen LogP contribution in [0, 0.1) is 0 Å². The number of hydrogen-bond donors (Lipinski definition) is 0. The summed E-state index contributed by atoms with van der Waals surface area (Å²) >= 11 is 1.63. The number of nitrogens with zero attached hydrogens (tertiary/aromatic N) is 2. The monoisotopic (exact) mass is 330 g/mol. The van der Waals surface area contributed by atoms with Gasteiger partial charge in [-0.05, 0) is 13.8 Å². The number of aryl methyl sites for hydroxylation is 1. The molecule has 1 amide bonds. The Morgan fingerprint density at radius 1 is 1.26 bits per heavy atom. The number of carbonyl (C=O) groups excluding carboxylic acids is 1. The Labute approximate surface area is 141 Å². The summed E-state index contributed by atoms with van der Waals surface area (Å²) < 4.78 is 5.49. The Hall–Kier alpha value is -1.72. The van der Waals surface area contributed by atoms with Crippen molar-refractivity contribution in [1.82, 2.24) is 9.88 Å². The second-order valence-electron chi connectivity index (χ2n) is 6.03. The molecule has 0 bridgehead atoms. The smallest absolute Gasteiger partial charge is 0.223 e. The number of morpholine rings is 1. The minimum atomic E-state index is 0.155. The van der Waals surface area contributed by atoms with Crippen LogP contribution in [0.2, 0.25) is 0 Å². The summed E-state index contributed by atoms with van der Waals surface area (Å²) in [4.78, 5) is 19.1. The highest BCUT2D eigenvalue weighted by molar-refractivity contribution is 7.09. The second-order valence-corrected chi connectivity index (χ2v) is 6.97. The Kier molecular flexibility index (Phi) is 5.08. The number of benzene rings is 1. The maximum Gasteiger partial charge on any atom is 0.223 e. The SMILES string of the molecule is CC1COCC(C)N1C(=O)CCc1nc(-c2ccccc2)cs1. The molecule has 0 spiro atoms.